The quantitative estimate of drug-likeness (QED) is 0.144. The van der Waals surface area contributed by atoms with E-state index in [9.17, 15) is 0 Å². The summed E-state index contributed by atoms with van der Waals surface area (Å²) < 4.78 is 71.7. The number of hydrogen-bond acceptors (Lipinski definition) is 9. The maximum Gasteiger partial charge on any atom is 0.270 e. The zero-order valence-electron chi connectivity index (χ0n) is 79.9. The maximum atomic E-state index is 6.86. The van der Waals surface area contributed by atoms with Crippen LogP contribution in [0.2, 0.25) is 0 Å². The summed E-state index contributed by atoms with van der Waals surface area (Å²) in [7, 11) is 0. The van der Waals surface area contributed by atoms with Gasteiger partial charge in [0.1, 0.15) is 103 Å². The van der Waals surface area contributed by atoms with Crippen LogP contribution in [-0.2, 0) is 5.41 Å². The molecule has 22 aromatic carbocycles. The molecular weight excluding hydrogens is 1840 g/mol. The molecule has 0 saturated carbocycles. The van der Waals surface area contributed by atoms with Crippen molar-refractivity contribution in [3.8, 4) is 143 Å². The van der Waals surface area contributed by atoms with E-state index in [2.05, 4.69) is 375 Å². The zero-order chi connectivity index (χ0) is 97.3. The largest absolute Gasteiger partial charge is 0.458 e. The van der Waals surface area contributed by atoms with E-state index in [4.69, 9.17) is 42.6 Å². The van der Waals surface area contributed by atoms with Crippen molar-refractivity contribution in [3.05, 3.63) is 471 Å². The highest BCUT2D eigenvalue weighted by Crippen LogP contribution is 2.61. The molecule has 0 unspecified atom stereocenters. The number of para-hydroxylation sites is 7. The van der Waals surface area contributed by atoms with Crippen molar-refractivity contribution in [1.82, 2.24) is 22.8 Å². The molecule has 14 nitrogen and oxygen atoms in total. The standard InChI is InChI=1S/C49H28BNO3.2C42H23BN2O3/c1-3-13-29(14-4-1)49(30-15-5-2-6-16-30)36-19-9-7-17-32(36)34-25-26-35-33-18-8-10-20-37(33)51(48(35)44(34)49)31-27-42-47-43(28-31)54-41-24-12-22-39-46(41)50(47)45-38(52-39)21-11-23-40(45)53-42;1-2-10-24(11-3-1)44-30-14-6-4-12-26(30)28-23-33-29(22-32(28)44)27-13-5-7-15-31(27)45(33)25-20-38-42-39(21-25)48-37-19-9-17-35-41(37)43(42)40-34(46-35)16-8-18-36(40)47-38;1-2-10-24(11-3-1)44-30-14-6-4-12-26(30)28-22-29-27-13-5-7-15-31(27)45(33(29)23-32(28)44)25-20-38-42-39(21-25)48-37-19-9-17-35-41(37)43(42)40-34(46-35)16-8-18-36(40)47-38/h1-28H;2*1-23H. The Morgan fingerprint density at radius 2 is 0.400 bits per heavy atom. The molecule has 0 fully saturated rings. The molecule has 17 heteroatoms. The van der Waals surface area contributed by atoms with Crippen LogP contribution in [0, 0.1) is 0 Å². The Morgan fingerprint density at radius 1 is 0.153 bits per heavy atom. The molecule has 0 amide bonds. The average Bonchev–Trinajstić information content (AvgIpc) is 1.48. The third-order valence-electron chi connectivity index (χ3n) is 33.0. The third-order valence-corrected chi connectivity index (χ3v) is 33.0. The Kier molecular flexibility index (Phi) is 16.0. The van der Waals surface area contributed by atoms with Crippen LogP contribution >= 0.6 is 0 Å². The van der Waals surface area contributed by atoms with Gasteiger partial charge < -0.3 is 65.5 Å². The fraction of sp³-hybridized carbons (Fsp3) is 0.00752. The number of hydrogen-bond donors (Lipinski definition) is 0. The van der Waals surface area contributed by atoms with Crippen molar-refractivity contribution < 1.29 is 42.6 Å². The molecule has 0 radical (unpaired) electrons. The normalized spacial score (nSPS) is 13.8. The number of rotatable bonds is 7. The molecule has 14 heterocycles. The monoisotopic (exact) mass is 1920 g/mol. The van der Waals surface area contributed by atoms with Crippen LogP contribution in [0.3, 0.4) is 0 Å². The van der Waals surface area contributed by atoms with E-state index in [1.807, 2.05) is 97.1 Å². The summed E-state index contributed by atoms with van der Waals surface area (Å²) in [6.07, 6.45) is 0. The first-order valence-corrected chi connectivity index (χ1v) is 51.1. The summed E-state index contributed by atoms with van der Waals surface area (Å²) in [6, 6.07) is 160. The van der Waals surface area contributed by atoms with E-state index in [1.165, 1.54) is 109 Å². The second-order valence-electron chi connectivity index (χ2n) is 40.4. The van der Waals surface area contributed by atoms with Crippen LogP contribution in [0.1, 0.15) is 22.3 Å². The van der Waals surface area contributed by atoms with Crippen molar-refractivity contribution >= 4 is 178 Å². The van der Waals surface area contributed by atoms with Crippen LogP contribution in [0.15, 0.2) is 449 Å². The highest BCUT2D eigenvalue weighted by atomic mass is 16.5. The predicted molar refractivity (Wildman–Crippen MR) is 602 cm³/mol. The summed E-state index contributed by atoms with van der Waals surface area (Å²) in [4.78, 5) is 0. The highest BCUT2D eigenvalue weighted by molar-refractivity contribution is 7.01. The Balaban J connectivity index is 0.0000000943. The van der Waals surface area contributed by atoms with Crippen LogP contribution in [0.5, 0.6) is 103 Å². The van der Waals surface area contributed by atoms with Crippen molar-refractivity contribution in [2.45, 2.75) is 5.41 Å². The fourth-order valence-electron chi connectivity index (χ4n) is 27.2. The summed E-state index contributed by atoms with van der Waals surface area (Å²) in [5.74, 6) is 14.8. The minimum Gasteiger partial charge on any atom is -0.458 e. The van der Waals surface area contributed by atoms with Gasteiger partial charge in [0.2, 0.25) is 0 Å². The average molecular weight is 1920 g/mol. The lowest BCUT2D eigenvalue weighted by Crippen LogP contribution is -2.59. The smallest absolute Gasteiger partial charge is 0.270 e. The highest BCUT2D eigenvalue weighted by Gasteiger charge is 2.53. The van der Waals surface area contributed by atoms with Crippen molar-refractivity contribution in [3.63, 3.8) is 0 Å². The number of nitrogens with zero attached hydrogens (tertiary/aromatic N) is 5. The first kappa shape index (κ1) is 80.6. The van der Waals surface area contributed by atoms with E-state index in [0.29, 0.717) is 0 Å². The molecule has 1 aliphatic carbocycles. The van der Waals surface area contributed by atoms with Gasteiger partial charge in [-0.25, -0.2) is 0 Å². The molecule has 694 valence electrons. The molecule has 0 saturated heterocycles. The summed E-state index contributed by atoms with van der Waals surface area (Å²) >= 11 is 0. The zero-order valence-corrected chi connectivity index (χ0v) is 79.9. The van der Waals surface area contributed by atoms with Gasteiger partial charge >= 0.3 is 0 Å². The maximum absolute atomic E-state index is 6.86. The Hall–Kier alpha value is -19.8. The predicted octanol–water partition coefficient (Wildman–Crippen LogP) is 27.4. The summed E-state index contributed by atoms with van der Waals surface area (Å²) in [5.41, 5.74) is 33.3. The molecule has 27 aromatic rings. The Bertz CT molecular complexity index is 10500. The van der Waals surface area contributed by atoms with Crippen LogP contribution in [0.25, 0.3) is 149 Å². The number of benzene rings is 22. The molecule has 10 aliphatic rings. The lowest BCUT2D eigenvalue weighted by atomic mass is 9.34. The molecule has 0 atom stereocenters. The minimum absolute atomic E-state index is 0.0143. The van der Waals surface area contributed by atoms with E-state index < -0.39 is 5.41 Å². The number of fused-ring (bicyclic) bond motifs is 19. The lowest BCUT2D eigenvalue weighted by molar-refractivity contribution is 0.442. The number of ether oxygens (including phenoxy) is 9. The van der Waals surface area contributed by atoms with Gasteiger partial charge in [0.05, 0.1) is 77.6 Å². The van der Waals surface area contributed by atoms with Gasteiger partial charge in [0.25, 0.3) is 20.1 Å². The van der Waals surface area contributed by atoms with Crippen molar-refractivity contribution in [2.24, 2.45) is 0 Å². The van der Waals surface area contributed by atoms with Gasteiger partial charge in [0.15, 0.2) is 0 Å². The molecular formula is C133H74B3N5O9. The molecule has 150 heavy (non-hydrogen) atoms. The van der Waals surface area contributed by atoms with Crippen molar-refractivity contribution in [1.29, 1.82) is 0 Å². The fourth-order valence-corrected chi connectivity index (χ4v) is 27.2. The van der Waals surface area contributed by atoms with Gasteiger partial charge in [-0.2, -0.15) is 0 Å². The summed E-state index contributed by atoms with van der Waals surface area (Å²) in [6.45, 7) is -0.0740. The minimum atomic E-state index is -0.581. The summed E-state index contributed by atoms with van der Waals surface area (Å²) in [5, 5.41) is 12.1. The molecule has 0 bridgehead atoms. The van der Waals surface area contributed by atoms with Gasteiger partial charge in [-0.1, -0.05) is 261 Å². The number of aromatic nitrogens is 5. The van der Waals surface area contributed by atoms with Crippen LogP contribution in [-0.4, -0.2) is 43.0 Å². The SMILES string of the molecule is c1ccc(-n2c3ccccc3c3cc4c(cc32)c2ccccc2n4-c2cc3c4c(c2)Oc2cccc5c2B4c2c(cccc2O3)O5)cc1.c1ccc(-n2c3ccccc3c3cc4c5ccccc5n(-c5cc6c7c(c5)Oc5cccc8c5B7c5c(cccc5O6)O8)c4cc32)cc1.c1ccc(C2(c3ccccc3)c3ccccc3-c3ccc4c5ccccc5n(-c5cc6c7c(c5)Oc5cccc8c5B7c5c(cccc5O6)O8)c4c32)cc1. The molecule has 0 N–H and O–H groups in total. The second kappa shape index (κ2) is 29.8. The lowest BCUT2D eigenvalue weighted by Gasteiger charge is -2.37. The van der Waals surface area contributed by atoms with Crippen LogP contribution < -0.4 is 91.8 Å². The van der Waals surface area contributed by atoms with Crippen molar-refractivity contribution in [2.75, 3.05) is 0 Å². The Morgan fingerprint density at radius 3 is 0.733 bits per heavy atom. The first-order valence-electron chi connectivity index (χ1n) is 51.1. The van der Waals surface area contributed by atoms with E-state index in [1.54, 1.807) is 0 Å². The van der Waals surface area contributed by atoms with Gasteiger partial charge in [0, 0.05) is 156 Å². The topological polar surface area (TPSA) is 108 Å². The molecule has 37 rings (SSSR count). The van der Waals surface area contributed by atoms with Crippen LogP contribution in [0.4, 0.5) is 0 Å². The first-order chi connectivity index (χ1) is 74.4. The second-order valence-corrected chi connectivity index (χ2v) is 40.4. The van der Waals surface area contributed by atoms with E-state index >= 15 is 0 Å². The van der Waals surface area contributed by atoms with Gasteiger partial charge in [-0.15, -0.1) is 0 Å². The molecule has 5 aromatic heterocycles. The third kappa shape index (κ3) is 10.8. The molecule has 0 spiro atoms. The van der Waals surface area contributed by atoms with Gasteiger partial charge in [-0.05, 0) is 179 Å². The van der Waals surface area contributed by atoms with E-state index in [0.717, 1.165) is 214 Å². The van der Waals surface area contributed by atoms with E-state index in [-0.39, 0.29) is 20.1 Å². The van der Waals surface area contributed by atoms with Gasteiger partial charge in [-0.3, -0.25) is 0 Å². The molecule has 9 aliphatic heterocycles. The Labute approximate surface area is 857 Å².